The minimum Gasteiger partial charge on any atom is -0.469 e. The van der Waals surface area contributed by atoms with E-state index in [-0.39, 0.29) is 17.8 Å². The van der Waals surface area contributed by atoms with Crippen molar-refractivity contribution in [3.05, 3.63) is 0 Å². The van der Waals surface area contributed by atoms with Crippen LogP contribution in [0.2, 0.25) is 0 Å². The lowest BCUT2D eigenvalue weighted by molar-refractivity contribution is -0.149. The van der Waals surface area contributed by atoms with Crippen LogP contribution >= 0.6 is 0 Å². The van der Waals surface area contributed by atoms with Crippen LogP contribution in [0.25, 0.3) is 0 Å². The van der Waals surface area contributed by atoms with E-state index in [4.69, 9.17) is 4.74 Å². The molecule has 0 aliphatic carbocycles. The lowest BCUT2D eigenvalue weighted by atomic mass is 9.97. The van der Waals surface area contributed by atoms with E-state index >= 15 is 0 Å². The third-order valence-corrected chi connectivity index (χ3v) is 3.55. The molecule has 1 atom stereocenters. The van der Waals surface area contributed by atoms with Crippen molar-refractivity contribution in [3.63, 3.8) is 0 Å². The Morgan fingerprint density at radius 2 is 2.06 bits per heavy atom. The Balaban J connectivity index is 2.31. The average molecular weight is 255 g/mol. The molecule has 1 heterocycles. The number of piperidine rings is 1. The molecule has 1 fully saturated rings. The quantitative estimate of drug-likeness (QED) is 0.540. The largest absolute Gasteiger partial charge is 0.469 e. The van der Waals surface area contributed by atoms with Gasteiger partial charge in [0.05, 0.1) is 13.0 Å². The van der Waals surface area contributed by atoms with Crippen molar-refractivity contribution in [1.29, 1.82) is 0 Å². The van der Waals surface area contributed by atoms with Crippen LogP contribution in [-0.4, -0.2) is 37.0 Å². The van der Waals surface area contributed by atoms with Crippen molar-refractivity contribution < 1.29 is 14.3 Å². The van der Waals surface area contributed by atoms with Gasteiger partial charge in [-0.3, -0.25) is 9.59 Å². The molecule has 18 heavy (non-hydrogen) atoms. The van der Waals surface area contributed by atoms with E-state index in [9.17, 15) is 9.59 Å². The number of hydrogen-bond donors (Lipinski definition) is 0. The molecule has 0 unspecified atom stereocenters. The number of likely N-dealkylation sites (tertiary alicyclic amines) is 1. The van der Waals surface area contributed by atoms with E-state index in [0.29, 0.717) is 13.0 Å². The summed E-state index contributed by atoms with van der Waals surface area (Å²) in [5, 5.41) is 0. The smallest absolute Gasteiger partial charge is 0.310 e. The fraction of sp³-hybridized carbons (Fsp3) is 0.857. The molecule has 0 aromatic heterocycles. The van der Waals surface area contributed by atoms with E-state index in [2.05, 4.69) is 6.92 Å². The highest BCUT2D eigenvalue weighted by Gasteiger charge is 2.28. The van der Waals surface area contributed by atoms with E-state index in [1.807, 2.05) is 4.90 Å². The number of nitrogens with zero attached hydrogens (tertiary/aromatic N) is 1. The molecular formula is C14H25NO3. The second-order valence-corrected chi connectivity index (χ2v) is 5.01. The van der Waals surface area contributed by atoms with E-state index in [1.165, 1.54) is 20.0 Å². The van der Waals surface area contributed by atoms with Crippen molar-refractivity contribution >= 4 is 11.9 Å². The average Bonchev–Trinajstić information content (AvgIpc) is 2.42. The first kappa shape index (κ1) is 15.0. The highest BCUT2D eigenvalue weighted by Crippen LogP contribution is 2.19. The summed E-state index contributed by atoms with van der Waals surface area (Å²) in [6.45, 7) is 3.49. The summed E-state index contributed by atoms with van der Waals surface area (Å²) in [4.78, 5) is 25.3. The van der Waals surface area contributed by atoms with Gasteiger partial charge < -0.3 is 9.64 Å². The first-order valence-electron chi connectivity index (χ1n) is 7.04. The van der Waals surface area contributed by atoms with E-state index in [0.717, 1.165) is 32.2 Å². The molecule has 104 valence electrons. The second-order valence-electron chi connectivity index (χ2n) is 5.01. The molecular weight excluding hydrogens is 230 g/mol. The number of methoxy groups -OCH3 is 1. The molecule has 1 aliphatic rings. The normalized spacial score (nSPS) is 19.7. The molecule has 1 saturated heterocycles. The second kappa shape index (κ2) is 8.11. The van der Waals surface area contributed by atoms with Gasteiger partial charge in [0.15, 0.2) is 0 Å². The predicted molar refractivity (Wildman–Crippen MR) is 70.1 cm³/mol. The Kier molecular flexibility index (Phi) is 6.76. The topological polar surface area (TPSA) is 46.6 Å². The summed E-state index contributed by atoms with van der Waals surface area (Å²) in [7, 11) is 1.41. The molecule has 0 aromatic carbocycles. The van der Waals surface area contributed by atoms with Crippen LogP contribution in [0, 0.1) is 5.92 Å². The molecule has 0 radical (unpaired) electrons. The lowest BCUT2D eigenvalue weighted by Crippen LogP contribution is -2.42. The molecule has 4 heteroatoms. The Hall–Kier alpha value is -1.06. The summed E-state index contributed by atoms with van der Waals surface area (Å²) in [5.41, 5.74) is 0. The Morgan fingerprint density at radius 3 is 2.72 bits per heavy atom. The van der Waals surface area contributed by atoms with Gasteiger partial charge >= 0.3 is 5.97 Å². The minimum absolute atomic E-state index is 0.122. The summed E-state index contributed by atoms with van der Waals surface area (Å²) < 4.78 is 4.75. The Morgan fingerprint density at radius 1 is 1.28 bits per heavy atom. The maximum Gasteiger partial charge on any atom is 0.310 e. The van der Waals surface area contributed by atoms with Gasteiger partial charge in [0.25, 0.3) is 0 Å². The fourth-order valence-corrected chi connectivity index (χ4v) is 2.42. The highest BCUT2D eigenvalue weighted by molar-refractivity contribution is 5.78. The molecule has 0 N–H and O–H groups in total. The zero-order valence-electron chi connectivity index (χ0n) is 11.6. The summed E-state index contributed by atoms with van der Waals surface area (Å²) in [6.07, 6.45) is 6.82. The van der Waals surface area contributed by atoms with Crippen molar-refractivity contribution in [3.8, 4) is 0 Å². The molecule has 0 aromatic rings. The number of unbranched alkanes of at least 4 members (excludes halogenated alkanes) is 3. The van der Waals surface area contributed by atoms with E-state index in [1.54, 1.807) is 0 Å². The minimum atomic E-state index is -0.182. The third kappa shape index (κ3) is 4.67. The van der Waals surface area contributed by atoms with Gasteiger partial charge in [0.2, 0.25) is 5.91 Å². The summed E-state index contributed by atoms with van der Waals surface area (Å²) in [5.74, 6) is -0.110. The number of ether oxygens (including phenoxy) is 1. The fourth-order valence-electron chi connectivity index (χ4n) is 2.42. The van der Waals surface area contributed by atoms with E-state index < -0.39 is 0 Å². The van der Waals surface area contributed by atoms with Crippen LogP contribution in [0.4, 0.5) is 0 Å². The highest BCUT2D eigenvalue weighted by atomic mass is 16.5. The Labute approximate surface area is 110 Å². The van der Waals surface area contributed by atoms with Crippen molar-refractivity contribution in [2.45, 2.75) is 51.9 Å². The maximum atomic E-state index is 12.0. The number of carbonyl (C=O) groups is 2. The standard InChI is InChI=1S/C14H25NO3/c1-3-4-5-6-9-13(16)15-10-7-8-12(11-15)14(17)18-2/h12H,3-11H2,1-2H3/t12-/m0/s1. The van der Waals surface area contributed by atoms with Gasteiger partial charge in [-0.25, -0.2) is 0 Å². The third-order valence-electron chi connectivity index (χ3n) is 3.55. The van der Waals surface area contributed by atoms with Crippen LogP contribution in [0.1, 0.15) is 51.9 Å². The SMILES string of the molecule is CCCCCCC(=O)N1CCC[C@H](C(=O)OC)C1. The summed E-state index contributed by atoms with van der Waals surface area (Å²) >= 11 is 0. The van der Waals surface area contributed by atoms with Gasteiger partial charge in [-0.15, -0.1) is 0 Å². The van der Waals surface area contributed by atoms with Gasteiger partial charge in [-0.1, -0.05) is 26.2 Å². The van der Waals surface area contributed by atoms with Crippen LogP contribution < -0.4 is 0 Å². The van der Waals surface area contributed by atoms with Crippen molar-refractivity contribution in [2.75, 3.05) is 20.2 Å². The molecule has 1 amide bonds. The number of rotatable bonds is 6. The molecule has 0 spiro atoms. The molecule has 4 nitrogen and oxygen atoms in total. The number of amides is 1. The summed E-state index contributed by atoms with van der Waals surface area (Å²) in [6, 6.07) is 0. The first-order chi connectivity index (χ1) is 8.69. The van der Waals surface area contributed by atoms with Crippen LogP contribution in [0.3, 0.4) is 0 Å². The van der Waals surface area contributed by atoms with Crippen molar-refractivity contribution in [2.24, 2.45) is 5.92 Å². The van der Waals surface area contributed by atoms with Gasteiger partial charge in [-0.2, -0.15) is 0 Å². The predicted octanol–water partition coefficient (Wildman–Crippen LogP) is 2.37. The number of esters is 1. The first-order valence-corrected chi connectivity index (χ1v) is 7.04. The number of carbonyl (C=O) groups excluding carboxylic acids is 2. The lowest BCUT2D eigenvalue weighted by Gasteiger charge is -2.31. The zero-order valence-corrected chi connectivity index (χ0v) is 11.6. The van der Waals surface area contributed by atoms with Gasteiger partial charge in [0, 0.05) is 19.5 Å². The molecule has 1 aliphatic heterocycles. The maximum absolute atomic E-state index is 12.0. The number of hydrogen-bond acceptors (Lipinski definition) is 3. The van der Waals surface area contributed by atoms with Crippen LogP contribution in [0.15, 0.2) is 0 Å². The van der Waals surface area contributed by atoms with Crippen LogP contribution in [-0.2, 0) is 14.3 Å². The molecule has 0 saturated carbocycles. The molecule has 0 bridgehead atoms. The van der Waals surface area contributed by atoms with Crippen LogP contribution in [0.5, 0.6) is 0 Å². The Bertz CT molecular complexity index is 278. The molecule has 1 rings (SSSR count). The van der Waals surface area contributed by atoms with Gasteiger partial charge in [0.1, 0.15) is 0 Å². The zero-order chi connectivity index (χ0) is 13.4. The van der Waals surface area contributed by atoms with Gasteiger partial charge in [-0.05, 0) is 19.3 Å². The monoisotopic (exact) mass is 255 g/mol. The van der Waals surface area contributed by atoms with Crippen molar-refractivity contribution in [1.82, 2.24) is 4.90 Å².